The first kappa shape index (κ1) is 11.1. The largest absolute Gasteiger partial charge is 0.451 e. The quantitative estimate of drug-likeness (QED) is 0.477. The molecule has 0 aromatic carbocycles. The highest BCUT2D eigenvalue weighted by Crippen LogP contribution is 2.19. The van der Waals surface area contributed by atoms with Gasteiger partial charge in [-0.25, -0.2) is 0 Å². The molecule has 0 aliphatic carbocycles. The van der Waals surface area contributed by atoms with E-state index >= 15 is 0 Å². The second kappa shape index (κ2) is 4.24. The Morgan fingerprint density at radius 1 is 1.58 bits per heavy atom. The number of hydrogen-bond acceptors (Lipinski definition) is 3. The fraction of sp³-hybridized carbons (Fsp3) is 0.778. The maximum Gasteiger partial charge on any atom is 0.306 e. The Kier molecular flexibility index (Phi) is 3.93. The minimum absolute atomic E-state index is 0.00509. The van der Waals surface area contributed by atoms with Gasteiger partial charge in [-0.2, -0.15) is 0 Å². The number of carbonyl (C=O) groups excluding carboxylic acids is 2. The van der Waals surface area contributed by atoms with E-state index in [9.17, 15) is 9.59 Å². The van der Waals surface area contributed by atoms with Crippen molar-refractivity contribution in [2.24, 2.45) is 5.92 Å². The molecule has 0 aromatic rings. The van der Waals surface area contributed by atoms with E-state index in [-0.39, 0.29) is 11.9 Å². The number of hydrogen-bond donors (Lipinski definition) is 0. The molecule has 0 aliphatic heterocycles. The van der Waals surface area contributed by atoms with E-state index < -0.39 is 5.60 Å². The van der Waals surface area contributed by atoms with Crippen LogP contribution in [0.1, 0.15) is 34.1 Å². The summed E-state index contributed by atoms with van der Waals surface area (Å²) in [7, 11) is 0. The normalized spacial score (nSPS) is 15.4. The topological polar surface area (TPSA) is 43.4 Å². The predicted molar refractivity (Wildman–Crippen MR) is 45.7 cm³/mol. The summed E-state index contributed by atoms with van der Waals surface area (Å²) in [6, 6.07) is 0. The van der Waals surface area contributed by atoms with E-state index in [1.54, 1.807) is 13.8 Å². The lowest BCUT2D eigenvalue weighted by Gasteiger charge is -2.27. The van der Waals surface area contributed by atoms with Crippen molar-refractivity contribution in [2.75, 3.05) is 0 Å². The van der Waals surface area contributed by atoms with Crippen LogP contribution in [-0.2, 0) is 14.3 Å². The van der Waals surface area contributed by atoms with Gasteiger partial charge < -0.3 is 4.74 Å². The molecule has 0 fully saturated rings. The molecule has 3 nitrogen and oxygen atoms in total. The second-order valence-corrected chi connectivity index (χ2v) is 3.28. The van der Waals surface area contributed by atoms with E-state index in [4.69, 9.17) is 4.74 Å². The summed E-state index contributed by atoms with van der Waals surface area (Å²) in [5.74, 6) is -0.330. The molecule has 0 amide bonds. The van der Waals surface area contributed by atoms with Crippen molar-refractivity contribution in [3.8, 4) is 0 Å². The van der Waals surface area contributed by atoms with E-state index in [1.165, 1.54) is 0 Å². The Morgan fingerprint density at radius 2 is 2.08 bits per heavy atom. The zero-order valence-electron chi connectivity index (χ0n) is 8.09. The molecule has 12 heavy (non-hydrogen) atoms. The molecule has 0 spiro atoms. The molecule has 70 valence electrons. The lowest BCUT2D eigenvalue weighted by molar-refractivity contribution is -0.165. The van der Waals surface area contributed by atoms with Crippen LogP contribution in [0.4, 0.5) is 0 Å². The van der Waals surface area contributed by atoms with Crippen molar-refractivity contribution < 1.29 is 14.3 Å². The van der Waals surface area contributed by atoms with Gasteiger partial charge in [-0.05, 0) is 12.8 Å². The van der Waals surface area contributed by atoms with Crippen LogP contribution in [0.5, 0.6) is 0 Å². The Morgan fingerprint density at radius 3 is 2.33 bits per heavy atom. The van der Waals surface area contributed by atoms with Gasteiger partial charge in [0.05, 0.1) is 0 Å². The van der Waals surface area contributed by atoms with Gasteiger partial charge in [0.1, 0.15) is 0 Å². The Balaban J connectivity index is 4.34. The summed E-state index contributed by atoms with van der Waals surface area (Å²) in [5, 5.41) is 0. The smallest absolute Gasteiger partial charge is 0.306 e. The zero-order valence-corrected chi connectivity index (χ0v) is 8.09. The van der Waals surface area contributed by atoms with Crippen molar-refractivity contribution >= 4 is 12.3 Å². The summed E-state index contributed by atoms with van der Waals surface area (Å²) >= 11 is 0. The van der Waals surface area contributed by atoms with Crippen LogP contribution in [0.3, 0.4) is 0 Å². The molecule has 0 bridgehead atoms. The zero-order chi connectivity index (χ0) is 9.78. The number of ether oxygens (including phenoxy) is 1. The van der Waals surface area contributed by atoms with E-state index in [1.807, 2.05) is 13.8 Å². The summed E-state index contributed by atoms with van der Waals surface area (Å²) in [6.45, 7) is 7.01. The standard InChI is InChI=1S/C9H16O3/c1-5-8(11)12-9(4,6-10)7(2)3/h6-7H,5H2,1-4H3. The summed E-state index contributed by atoms with van der Waals surface area (Å²) in [4.78, 5) is 21.6. The average Bonchev–Trinajstić information content (AvgIpc) is 2.03. The predicted octanol–water partition coefficient (Wildman–Crippen LogP) is 1.55. The molecule has 0 N–H and O–H groups in total. The van der Waals surface area contributed by atoms with Crippen LogP contribution >= 0.6 is 0 Å². The van der Waals surface area contributed by atoms with Gasteiger partial charge in [-0.3, -0.25) is 9.59 Å². The molecule has 0 rings (SSSR count). The number of aldehydes is 1. The average molecular weight is 172 g/mol. The monoisotopic (exact) mass is 172 g/mol. The molecule has 0 heterocycles. The van der Waals surface area contributed by atoms with Crippen LogP contribution in [0.25, 0.3) is 0 Å². The van der Waals surface area contributed by atoms with Crippen LogP contribution in [0, 0.1) is 5.92 Å². The molecule has 0 saturated heterocycles. The van der Waals surface area contributed by atoms with Gasteiger partial charge in [-0.15, -0.1) is 0 Å². The van der Waals surface area contributed by atoms with Crippen LogP contribution in [-0.4, -0.2) is 17.9 Å². The van der Waals surface area contributed by atoms with Gasteiger partial charge in [0.15, 0.2) is 11.9 Å². The molecule has 0 radical (unpaired) electrons. The third kappa shape index (κ3) is 2.64. The van der Waals surface area contributed by atoms with E-state index in [0.717, 1.165) is 0 Å². The molecule has 0 aromatic heterocycles. The number of esters is 1. The minimum atomic E-state index is -0.965. The number of carbonyl (C=O) groups is 2. The molecule has 0 saturated carbocycles. The highest BCUT2D eigenvalue weighted by molar-refractivity contribution is 5.74. The maximum atomic E-state index is 10.9. The first-order valence-electron chi connectivity index (χ1n) is 4.14. The fourth-order valence-corrected chi connectivity index (χ4v) is 0.595. The Labute approximate surface area is 73.1 Å². The second-order valence-electron chi connectivity index (χ2n) is 3.28. The van der Waals surface area contributed by atoms with Gasteiger partial charge >= 0.3 is 5.97 Å². The molecular weight excluding hydrogens is 156 g/mol. The van der Waals surface area contributed by atoms with Crippen LogP contribution < -0.4 is 0 Å². The Hall–Kier alpha value is -0.860. The fourth-order valence-electron chi connectivity index (χ4n) is 0.595. The molecule has 3 heteroatoms. The van der Waals surface area contributed by atoms with Crippen molar-refractivity contribution in [1.29, 1.82) is 0 Å². The lowest BCUT2D eigenvalue weighted by Crippen LogP contribution is -2.38. The summed E-state index contributed by atoms with van der Waals surface area (Å²) in [5.41, 5.74) is -0.965. The maximum absolute atomic E-state index is 10.9. The lowest BCUT2D eigenvalue weighted by atomic mass is 9.94. The first-order valence-corrected chi connectivity index (χ1v) is 4.14. The van der Waals surface area contributed by atoms with Gasteiger partial charge in [0.25, 0.3) is 0 Å². The van der Waals surface area contributed by atoms with Crippen molar-refractivity contribution in [1.82, 2.24) is 0 Å². The highest BCUT2D eigenvalue weighted by atomic mass is 16.6. The third-order valence-electron chi connectivity index (χ3n) is 2.00. The summed E-state index contributed by atoms with van der Waals surface area (Å²) < 4.78 is 4.99. The number of rotatable bonds is 4. The minimum Gasteiger partial charge on any atom is -0.451 e. The van der Waals surface area contributed by atoms with Gasteiger partial charge in [0, 0.05) is 6.42 Å². The molecular formula is C9H16O3. The van der Waals surface area contributed by atoms with Crippen LogP contribution in [0.15, 0.2) is 0 Å². The van der Waals surface area contributed by atoms with E-state index in [2.05, 4.69) is 0 Å². The van der Waals surface area contributed by atoms with Crippen molar-refractivity contribution in [3.63, 3.8) is 0 Å². The van der Waals surface area contributed by atoms with Crippen LogP contribution in [0.2, 0.25) is 0 Å². The first-order chi connectivity index (χ1) is 5.46. The third-order valence-corrected chi connectivity index (χ3v) is 2.00. The molecule has 0 aliphatic rings. The summed E-state index contributed by atoms with van der Waals surface area (Å²) in [6.07, 6.45) is 0.987. The SMILES string of the molecule is CCC(=O)OC(C)(C=O)C(C)C. The molecule has 1 atom stereocenters. The Bertz CT molecular complexity index is 175. The highest BCUT2D eigenvalue weighted by Gasteiger charge is 2.31. The van der Waals surface area contributed by atoms with Gasteiger partial charge in [-0.1, -0.05) is 20.8 Å². The van der Waals surface area contributed by atoms with Crippen molar-refractivity contribution in [2.45, 2.75) is 39.7 Å². The van der Waals surface area contributed by atoms with Gasteiger partial charge in [0.2, 0.25) is 0 Å². The van der Waals surface area contributed by atoms with E-state index in [0.29, 0.717) is 12.7 Å². The molecule has 1 unspecified atom stereocenters. The van der Waals surface area contributed by atoms with Crippen molar-refractivity contribution in [3.05, 3.63) is 0 Å².